The van der Waals surface area contributed by atoms with Crippen molar-refractivity contribution in [2.24, 2.45) is 10.8 Å². The summed E-state index contributed by atoms with van der Waals surface area (Å²) in [5.74, 6) is 0. The van der Waals surface area contributed by atoms with Gasteiger partial charge < -0.3 is 9.47 Å². The van der Waals surface area contributed by atoms with Gasteiger partial charge in [-0.1, -0.05) is 41.5 Å². The molecule has 0 aromatic carbocycles. The van der Waals surface area contributed by atoms with Crippen molar-refractivity contribution >= 4 is 0 Å². The molecule has 0 unspecified atom stereocenters. The third-order valence-electron chi connectivity index (χ3n) is 7.02. The van der Waals surface area contributed by atoms with Gasteiger partial charge in [0.1, 0.15) is 12.2 Å². The van der Waals surface area contributed by atoms with E-state index in [-0.39, 0.29) is 23.0 Å². The van der Waals surface area contributed by atoms with E-state index in [9.17, 15) is 0 Å². The average molecular weight is 437 g/mol. The Morgan fingerprint density at radius 1 is 0.656 bits per heavy atom. The zero-order valence-corrected chi connectivity index (χ0v) is 21.3. The highest BCUT2D eigenvalue weighted by molar-refractivity contribution is 5.68. The van der Waals surface area contributed by atoms with Gasteiger partial charge in [-0.25, -0.2) is 9.97 Å². The highest BCUT2D eigenvalue weighted by Crippen LogP contribution is 2.43. The zero-order valence-electron chi connectivity index (χ0n) is 21.3. The minimum atomic E-state index is -0.0512. The van der Waals surface area contributed by atoms with Crippen molar-refractivity contribution in [2.75, 3.05) is 14.2 Å². The molecule has 0 bridgehead atoms. The Morgan fingerprint density at radius 2 is 1.03 bits per heavy atom. The molecule has 2 atom stereocenters. The van der Waals surface area contributed by atoms with Crippen molar-refractivity contribution < 1.29 is 9.47 Å². The Balaban J connectivity index is 1.94. The van der Waals surface area contributed by atoms with E-state index in [0.29, 0.717) is 0 Å². The lowest BCUT2D eigenvalue weighted by molar-refractivity contribution is 0.0118. The highest BCUT2D eigenvalue weighted by atomic mass is 16.5. The second-order valence-electron chi connectivity index (χ2n) is 11.7. The van der Waals surface area contributed by atoms with E-state index in [1.54, 1.807) is 14.2 Å². The van der Waals surface area contributed by atoms with Gasteiger partial charge in [-0.15, -0.1) is 0 Å². The summed E-state index contributed by atoms with van der Waals surface area (Å²) in [4.78, 5) is 10.6. The van der Waals surface area contributed by atoms with Gasteiger partial charge in [0, 0.05) is 14.2 Å². The first-order chi connectivity index (χ1) is 15.0. The van der Waals surface area contributed by atoms with Crippen LogP contribution in [-0.2, 0) is 35.2 Å². The van der Waals surface area contributed by atoms with Gasteiger partial charge in [-0.05, 0) is 83.7 Å². The van der Waals surface area contributed by atoms with E-state index < -0.39 is 0 Å². The lowest BCUT2D eigenvalue weighted by Crippen LogP contribution is -2.23. The summed E-state index contributed by atoms with van der Waals surface area (Å²) in [5, 5.41) is 0. The standard InChI is InChI=1S/C28H40N2O2/c1-27(2,3)25(31-7)21-15-17-11-9-13-19(17)23(29-21)24-20-14-10-12-18(20)16-22(30-24)26(32-8)28(4,5)6/h15-16,25-26H,9-14H2,1-8H3/t25-,26-/m1/s1. The summed E-state index contributed by atoms with van der Waals surface area (Å²) >= 11 is 0. The molecule has 0 saturated carbocycles. The fourth-order valence-corrected chi connectivity index (χ4v) is 5.70. The van der Waals surface area contributed by atoms with Gasteiger partial charge in [-0.3, -0.25) is 0 Å². The van der Waals surface area contributed by atoms with Crippen molar-refractivity contribution in [1.82, 2.24) is 9.97 Å². The SMILES string of the molecule is CO[C@H](c1cc2c(c(-c3nc([C@@H](OC)C(C)(C)C)cc4c3CCC4)n1)CCC2)C(C)(C)C. The molecule has 174 valence electrons. The van der Waals surface area contributed by atoms with E-state index >= 15 is 0 Å². The van der Waals surface area contributed by atoms with Gasteiger partial charge in [0.05, 0.1) is 22.8 Å². The molecule has 4 nitrogen and oxygen atoms in total. The molecule has 2 aromatic rings. The number of pyridine rings is 2. The Labute approximate surface area is 194 Å². The minimum absolute atomic E-state index is 0.0313. The predicted molar refractivity (Wildman–Crippen MR) is 130 cm³/mol. The fraction of sp³-hybridized carbons (Fsp3) is 0.643. The van der Waals surface area contributed by atoms with Crippen molar-refractivity contribution in [1.29, 1.82) is 0 Å². The van der Waals surface area contributed by atoms with Crippen LogP contribution in [0.5, 0.6) is 0 Å². The van der Waals surface area contributed by atoms with Crippen molar-refractivity contribution in [3.8, 4) is 11.4 Å². The molecule has 4 rings (SSSR count). The number of fused-ring (bicyclic) bond motifs is 2. The number of ether oxygens (including phenoxy) is 2. The van der Waals surface area contributed by atoms with Crippen LogP contribution >= 0.6 is 0 Å². The molecule has 2 aliphatic rings. The number of nitrogens with zero attached hydrogens (tertiary/aromatic N) is 2. The average Bonchev–Trinajstić information content (AvgIpc) is 3.34. The minimum Gasteiger partial charge on any atom is -0.375 e. The first-order valence-corrected chi connectivity index (χ1v) is 12.2. The number of methoxy groups -OCH3 is 2. The van der Waals surface area contributed by atoms with E-state index in [0.717, 1.165) is 48.5 Å². The van der Waals surface area contributed by atoms with Crippen molar-refractivity contribution in [3.05, 3.63) is 45.8 Å². The van der Waals surface area contributed by atoms with Gasteiger partial charge in [0.25, 0.3) is 0 Å². The van der Waals surface area contributed by atoms with Crippen LogP contribution < -0.4 is 0 Å². The van der Waals surface area contributed by atoms with Crippen LogP contribution in [0.1, 0.15) is 100 Å². The Bertz CT molecular complexity index is 916. The van der Waals surface area contributed by atoms with E-state index in [4.69, 9.17) is 19.4 Å². The normalized spacial score (nSPS) is 17.9. The Kier molecular flexibility index (Phi) is 6.23. The van der Waals surface area contributed by atoms with Crippen LogP contribution in [0.4, 0.5) is 0 Å². The second kappa shape index (κ2) is 8.53. The van der Waals surface area contributed by atoms with Gasteiger partial charge in [0.15, 0.2) is 0 Å². The fourth-order valence-electron chi connectivity index (χ4n) is 5.70. The van der Waals surface area contributed by atoms with Crippen molar-refractivity contribution in [3.63, 3.8) is 0 Å². The van der Waals surface area contributed by atoms with Gasteiger partial charge >= 0.3 is 0 Å². The second-order valence-corrected chi connectivity index (χ2v) is 11.7. The molecule has 2 heterocycles. The molecule has 0 fully saturated rings. The maximum absolute atomic E-state index is 5.97. The molecule has 4 heteroatoms. The predicted octanol–water partition coefficient (Wildman–Crippen LogP) is 6.59. The molecule has 32 heavy (non-hydrogen) atoms. The lowest BCUT2D eigenvalue weighted by Gasteiger charge is -2.31. The number of hydrogen-bond donors (Lipinski definition) is 0. The summed E-state index contributed by atoms with van der Waals surface area (Å²) in [6.07, 6.45) is 6.66. The molecule has 0 radical (unpaired) electrons. The molecule has 0 saturated heterocycles. The first kappa shape index (κ1) is 23.4. The van der Waals surface area contributed by atoms with Crippen LogP contribution in [0.25, 0.3) is 11.4 Å². The highest BCUT2D eigenvalue weighted by Gasteiger charge is 2.33. The molecule has 0 aliphatic heterocycles. The molecule has 2 aromatic heterocycles. The van der Waals surface area contributed by atoms with Gasteiger partial charge in [-0.2, -0.15) is 0 Å². The largest absolute Gasteiger partial charge is 0.375 e. The molecular weight excluding hydrogens is 396 g/mol. The monoisotopic (exact) mass is 436 g/mol. The quantitative estimate of drug-likeness (QED) is 0.530. The molecule has 2 aliphatic carbocycles. The Hall–Kier alpha value is -1.78. The molecule has 0 amide bonds. The maximum atomic E-state index is 5.97. The summed E-state index contributed by atoms with van der Waals surface area (Å²) in [6.45, 7) is 13.3. The summed E-state index contributed by atoms with van der Waals surface area (Å²) < 4.78 is 11.9. The van der Waals surface area contributed by atoms with Crippen LogP contribution in [0.15, 0.2) is 12.1 Å². The van der Waals surface area contributed by atoms with Crippen LogP contribution in [0.3, 0.4) is 0 Å². The third kappa shape index (κ3) is 4.24. The maximum Gasteiger partial charge on any atom is 0.104 e. The molecule has 0 N–H and O–H groups in total. The number of hydrogen-bond acceptors (Lipinski definition) is 4. The lowest BCUT2D eigenvalue weighted by atomic mass is 9.85. The number of aromatic nitrogens is 2. The summed E-state index contributed by atoms with van der Waals surface area (Å²) in [5.41, 5.74) is 9.82. The van der Waals surface area contributed by atoms with Crippen LogP contribution in [-0.4, -0.2) is 24.2 Å². The van der Waals surface area contributed by atoms with Gasteiger partial charge in [0.2, 0.25) is 0 Å². The molecular formula is C28H40N2O2. The molecule has 0 spiro atoms. The van der Waals surface area contributed by atoms with Crippen LogP contribution in [0, 0.1) is 10.8 Å². The summed E-state index contributed by atoms with van der Waals surface area (Å²) in [7, 11) is 3.60. The van der Waals surface area contributed by atoms with E-state index in [1.165, 1.54) is 35.1 Å². The third-order valence-corrected chi connectivity index (χ3v) is 7.02. The van der Waals surface area contributed by atoms with Crippen LogP contribution in [0.2, 0.25) is 0 Å². The topological polar surface area (TPSA) is 44.2 Å². The van der Waals surface area contributed by atoms with E-state index in [2.05, 4.69) is 53.7 Å². The number of aryl methyl sites for hydroxylation is 2. The smallest absolute Gasteiger partial charge is 0.104 e. The van der Waals surface area contributed by atoms with E-state index in [1.807, 2.05) is 0 Å². The number of rotatable bonds is 5. The Morgan fingerprint density at radius 3 is 1.34 bits per heavy atom. The summed E-state index contributed by atoms with van der Waals surface area (Å²) in [6, 6.07) is 4.59. The zero-order chi connectivity index (χ0) is 23.3. The van der Waals surface area contributed by atoms with Crippen molar-refractivity contribution in [2.45, 2.75) is 92.3 Å². The first-order valence-electron chi connectivity index (χ1n) is 12.2.